The van der Waals surface area contributed by atoms with Gasteiger partial charge in [0.15, 0.2) is 11.4 Å². The van der Waals surface area contributed by atoms with E-state index < -0.39 is 11.9 Å². The van der Waals surface area contributed by atoms with Crippen LogP contribution in [-0.4, -0.2) is 40.1 Å². The van der Waals surface area contributed by atoms with Crippen LogP contribution in [0.2, 0.25) is 0 Å². The molecule has 1 heterocycles. The van der Waals surface area contributed by atoms with Crippen molar-refractivity contribution in [1.82, 2.24) is 15.3 Å². The van der Waals surface area contributed by atoms with Crippen molar-refractivity contribution in [2.45, 2.75) is 32.1 Å². The zero-order valence-corrected chi connectivity index (χ0v) is 17.9. The standard InChI is InChI=1S/C25H25N3O4/c1-2-32-21(29)15-26-25(31)23-24(30)22(19-12-13-19)27-20(28-23)14-16-8-10-18(11-9-16)17-6-4-3-5-7-17/h3-11,19,30H,2,12-15H2,1H3,(H,26,31). The molecule has 0 unspecified atom stereocenters. The number of carbonyl (C=O) groups excluding carboxylic acids is 2. The summed E-state index contributed by atoms with van der Waals surface area (Å²) < 4.78 is 4.83. The number of carbonyl (C=O) groups is 2. The van der Waals surface area contributed by atoms with Crippen LogP contribution in [0.1, 0.15) is 53.3 Å². The van der Waals surface area contributed by atoms with Crippen LogP contribution in [0.5, 0.6) is 5.75 Å². The Bertz CT molecular complexity index is 1110. The number of hydrogen-bond acceptors (Lipinski definition) is 6. The Kier molecular flexibility index (Phi) is 6.44. The minimum Gasteiger partial charge on any atom is -0.504 e. The summed E-state index contributed by atoms with van der Waals surface area (Å²) in [5.41, 5.74) is 3.63. The molecule has 0 spiro atoms. The number of aromatic nitrogens is 2. The molecule has 0 atom stereocenters. The summed E-state index contributed by atoms with van der Waals surface area (Å²) >= 11 is 0. The number of aromatic hydroxyl groups is 1. The molecule has 0 radical (unpaired) electrons. The van der Waals surface area contributed by atoms with Gasteiger partial charge in [-0.3, -0.25) is 9.59 Å². The number of amides is 1. The van der Waals surface area contributed by atoms with Crippen molar-refractivity contribution in [3.63, 3.8) is 0 Å². The lowest BCUT2D eigenvalue weighted by Gasteiger charge is -2.11. The van der Waals surface area contributed by atoms with E-state index >= 15 is 0 Å². The monoisotopic (exact) mass is 431 g/mol. The molecule has 1 amide bonds. The summed E-state index contributed by atoms with van der Waals surface area (Å²) in [5.74, 6) is -0.791. The van der Waals surface area contributed by atoms with Crippen LogP contribution in [0, 0.1) is 0 Å². The summed E-state index contributed by atoms with van der Waals surface area (Å²) in [6.45, 7) is 1.63. The Morgan fingerprint density at radius 1 is 1.03 bits per heavy atom. The van der Waals surface area contributed by atoms with Crippen molar-refractivity contribution >= 4 is 11.9 Å². The highest BCUT2D eigenvalue weighted by molar-refractivity contribution is 5.96. The van der Waals surface area contributed by atoms with Gasteiger partial charge in [-0.25, -0.2) is 9.97 Å². The molecule has 1 aliphatic rings. The predicted octanol–water partition coefficient (Wildman–Crippen LogP) is 3.61. The van der Waals surface area contributed by atoms with E-state index in [9.17, 15) is 14.7 Å². The second kappa shape index (κ2) is 9.60. The summed E-state index contributed by atoms with van der Waals surface area (Å²) in [6.07, 6.45) is 2.26. The van der Waals surface area contributed by atoms with Gasteiger partial charge in [-0.2, -0.15) is 0 Å². The third kappa shape index (κ3) is 5.11. The molecule has 3 aromatic rings. The predicted molar refractivity (Wildman–Crippen MR) is 119 cm³/mol. The SMILES string of the molecule is CCOC(=O)CNC(=O)c1nc(Cc2ccc(-c3ccccc3)cc2)nc(C2CC2)c1O. The first-order chi connectivity index (χ1) is 15.5. The summed E-state index contributed by atoms with van der Waals surface area (Å²) in [4.78, 5) is 33.0. The summed E-state index contributed by atoms with van der Waals surface area (Å²) in [7, 11) is 0. The molecule has 7 heteroatoms. The number of nitrogens with one attached hydrogen (secondary N) is 1. The Morgan fingerprint density at radius 3 is 2.38 bits per heavy atom. The van der Waals surface area contributed by atoms with Gasteiger partial charge in [-0.1, -0.05) is 54.6 Å². The van der Waals surface area contributed by atoms with E-state index in [1.807, 2.05) is 42.5 Å². The van der Waals surface area contributed by atoms with Crippen LogP contribution >= 0.6 is 0 Å². The largest absolute Gasteiger partial charge is 0.504 e. The second-order valence-corrected chi connectivity index (χ2v) is 7.72. The molecular formula is C25H25N3O4. The molecule has 2 aromatic carbocycles. The average Bonchev–Trinajstić information content (AvgIpc) is 3.65. The number of nitrogens with zero attached hydrogens (tertiary/aromatic N) is 2. The first kappa shape index (κ1) is 21.5. The molecule has 1 saturated carbocycles. The lowest BCUT2D eigenvalue weighted by atomic mass is 10.0. The third-order valence-electron chi connectivity index (χ3n) is 5.26. The molecule has 4 rings (SSSR count). The van der Waals surface area contributed by atoms with Gasteiger partial charge in [0.05, 0.1) is 12.3 Å². The highest BCUT2D eigenvalue weighted by Crippen LogP contribution is 2.43. The Morgan fingerprint density at radius 2 is 1.72 bits per heavy atom. The molecule has 0 bridgehead atoms. The normalized spacial score (nSPS) is 12.9. The van der Waals surface area contributed by atoms with Crippen LogP contribution in [0.3, 0.4) is 0 Å². The van der Waals surface area contributed by atoms with Crippen molar-refractivity contribution < 1.29 is 19.4 Å². The number of ether oxygens (including phenoxy) is 1. The first-order valence-corrected chi connectivity index (χ1v) is 10.7. The van der Waals surface area contributed by atoms with Crippen LogP contribution in [0.4, 0.5) is 0 Å². The van der Waals surface area contributed by atoms with Gasteiger partial charge >= 0.3 is 5.97 Å². The van der Waals surface area contributed by atoms with Gasteiger partial charge in [0, 0.05) is 12.3 Å². The van der Waals surface area contributed by atoms with Crippen LogP contribution < -0.4 is 5.32 Å². The van der Waals surface area contributed by atoms with Crippen LogP contribution in [0.15, 0.2) is 54.6 Å². The minimum absolute atomic E-state index is 0.109. The van der Waals surface area contributed by atoms with E-state index in [0.717, 1.165) is 29.5 Å². The first-order valence-electron chi connectivity index (χ1n) is 10.7. The highest BCUT2D eigenvalue weighted by atomic mass is 16.5. The minimum atomic E-state index is -0.625. The molecule has 0 saturated heterocycles. The van der Waals surface area contributed by atoms with Crippen LogP contribution in [-0.2, 0) is 16.0 Å². The maximum absolute atomic E-state index is 12.6. The molecule has 164 valence electrons. The zero-order chi connectivity index (χ0) is 22.5. The second-order valence-electron chi connectivity index (χ2n) is 7.72. The van der Waals surface area contributed by atoms with Crippen molar-refractivity contribution in [2.75, 3.05) is 13.2 Å². The Balaban J connectivity index is 1.54. The maximum Gasteiger partial charge on any atom is 0.325 e. The zero-order valence-electron chi connectivity index (χ0n) is 17.9. The topological polar surface area (TPSA) is 101 Å². The van der Waals surface area contributed by atoms with Crippen LogP contribution in [0.25, 0.3) is 11.1 Å². The molecular weight excluding hydrogens is 406 g/mol. The van der Waals surface area contributed by atoms with E-state index in [4.69, 9.17) is 4.74 Å². The highest BCUT2D eigenvalue weighted by Gasteiger charge is 2.32. The van der Waals surface area contributed by atoms with E-state index in [-0.39, 0.29) is 30.5 Å². The van der Waals surface area contributed by atoms with Crippen molar-refractivity contribution in [3.8, 4) is 16.9 Å². The quantitative estimate of drug-likeness (QED) is 0.529. The van der Waals surface area contributed by atoms with E-state index in [1.165, 1.54) is 0 Å². The van der Waals surface area contributed by atoms with Crippen molar-refractivity contribution in [2.24, 2.45) is 0 Å². The molecule has 0 aliphatic heterocycles. The Hall–Kier alpha value is -3.74. The summed E-state index contributed by atoms with van der Waals surface area (Å²) in [6, 6.07) is 18.2. The smallest absolute Gasteiger partial charge is 0.325 e. The van der Waals surface area contributed by atoms with Gasteiger partial charge in [0.2, 0.25) is 0 Å². The van der Waals surface area contributed by atoms with Gasteiger partial charge in [0.25, 0.3) is 5.91 Å². The van der Waals surface area contributed by atoms with E-state index in [2.05, 4.69) is 27.4 Å². The van der Waals surface area contributed by atoms with Gasteiger partial charge in [-0.15, -0.1) is 0 Å². The fraction of sp³-hybridized carbons (Fsp3) is 0.280. The third-order valence-corrected chi connectivity index (χ3v) is 5.26. The number of hydrogen-bond donors (Lipinski definition) is 2. The fourth-order valence-electron chi connectivity index (χ4n) is 3.48. The van der Waals surface area contributed by atoms with Gasteiger partial charge < -0.3 is 15.2 Å². The van der Waals surface area contributed by atoms with Gasteiger partial charge in [0.1, 0.15) is 12.4 Å². The fourth-order valence-corrected chi connectivity index (χ4v) is 3.48. The summed E-state index contributed by atoms with van der Waals surface area (Å²) in [5, 5.41) is 13.1. The molecule has 1 aromatic heterocycles. The average molecular weight is 431 g/mol. The molecule has 32 heavy (non-hydrogen) atoms. The maximum atomic E-state index is 12.6. The Labute approximate surface area is 186 Å². The molecule has 1 fully saturated rings. The lowest BCUT2D eigenvalue weighted by Crippen LogP contribution is -2.31. The van der Waals surface area contributed by atoms with E-state index in [1.54, 1.807) is 6.92 Å². The molecule has 2 N–H and O–H groups in total. The van der Waals surface area contributed by atoms with Crippen molar-refractivity contribution in [1.29, 1.82) is 0 Å². The molecule has 1 aliphatic carbocycles. The number of rotatable bonds is 8. The van der Waals surface area contributed by atoms with E-state index in [0.29, 0.717) is 17.9 Å². The molecule has 7 nitrogen and oxygen atoms in total. The number of benzene rings is 2. The lowest BCUT2D eigenvalue weighted by molar-refractivity contribution is -0.141. The van der Waals surface area contributed by atoms with Crippen molar-refractivity contribution in [3.05, 3.63) is 77.4 Å². The number of esters is 1. The van der Waals surface area contributed by atoms with Gasteiger partial charge in [-0.05, 0) is 36.5 Å².